The molecule has 14 heavy (non-hydrogen) atoms. The molecule has 1 rings (SSSR count). The van der Waals surface area contributed by atoms with Gasteiger partial charge in [-0.2, -0.15) is 0 Å². The first kappa shape index (κ1) is 11.1. The highest BCUT2D eigenvalue weighted by Gasteiger charge is 1.95. The Hall–Kier alpha value is -0.940. The number of unbranched alkanes of at least 4 members (excludes halogenated alkanes) is 1. The lowest BCUT2D eigenvalue weighted by Gasteiger charge is -2.06. The van der Waals surface area contributed by atoms with Gasteiger partial charge in [-0.15, -0.1) is 12.3 Å². The molecule has 2 heteroatoms. The zero-order valence-electron chi connectivity index (χ0n) is 8.31. The van der Waals surface area contributed by atoms with Crippen molar-refractivity contribution in [3.63, 3.8) is 0 Å². The summed E-state index contributed by atoms with van der Waals surface area (Å²) in [5.74, 6) is 2.63. The fourth-order valence-electron chi connectivity index (χ4n) is 1.26. The van der Waals surface area contributed by atoms with E-state index in [0.29, 0.717) is 0 Å². The molecule has 1 nitrogen and oxygen atoms in total. The average Bonchev–Trinajstić information content (AvgIpc) is 2.11. The Labute approximate surface area is 94.0 Å². The molecule has 0 fully saturated rings. The van der Waals surface area contributed by atoms with Crippen LogP contribution in [0.4, 0.5) is 5.69 Å². The van der Waals surface area contributed by atoms with Crippen LogP contribution in [0.25, 0.3) is 0 Å². The molecule has 0 spiro atoms. The van der Waals surface area contributed by atoms with Gasteiger partial charge in [-0.1, -0.05) is 15.9 Å². The molecule has 0 radical (unpaired) electrons. The van der Waals surface area contributed by atoms with Gasteiger partial charge in [0.05, 0.1) is 0 Å². The Morgan fingerprint density at radius 1 is 1.43 bits per heavy atom. The molecule has 1 aromatic carbocycles. The van der Waals surface area contributed by atoms with Crippen molar-refractivity contribution >= 4 is 21.6 Å². The summed E-state index contributed by atoms with van der Waals surface area (Å²) in [6, 6.07) is 6.29. The molecule has 0 unspecified atom stereocenters. The van der Waals surface area contributed by atoms with E-state index in [-0.39, 0.29) is 0 Å². The summed E-state index contributed by atoms with van der Waals surface area (Å²) in [5.41, 5.74) is 2.40. The van der Waals surface area contributed by atoms with E-state index in [1.54, 1.807) is 0 Å². The van der Waals surface area contributed by atoms with Crippen LogP contribution >= 0.6 is 15.9 Å². The molecule has 0 heterocycles. The third kappa shape index (κ3) is 3.85. The minimum Gasteiger partial charge on any atom is -0.385 e. The summed E-state index contributed by atoms with van der Waals surface area (Å²) in [5, 5.41) is 3.34. The monoisotopic (exact) mass is 251 g/mol. The third-order valence-electron chi connectivity index (χ3n) is 1.87. The molecule has 74 valence electrons. The van der Waals surface area contributed by atoms with Gasteiger partial charge in [0.1, 0.15) is 0 Å². The Morgan fingerprint density at radius 2 is 2.21 bits per heavy atom. The quantitative estimate of drug-likeness (QED) is 0.638. The number of aryl methyl sites for hydroxylation is 1. The molecular weight excluding hydrogens is 238 g/mol. The van der Waals surface area contributed by atoms with Crippen molar-refractivity contribution in [3.8, 4) is 12.3 Å². The van der Waals surface area contributed by atoms with Gasteiger partial charge in [0.25, 0.3) is 0 Å². The summed E-state index contributed by atoms with van der Waals surface area (Å²) in [6.45, 7) is 3.01. The van der Waals surface area contributed by atoms with Crippen molar-refractivity contribution in [2.24, 2.45) is 0 Å². The van der Waals surface area contributed by atoms with Crippen LogP contribution in [0.15, 0.2) is 22.7 Å². The Kier molecular flexibility index (Phi) is 4.55. The first-order valence-electron chi connectivity index (χ1n) is 4.67. The van der Waals surface area contributed by atoms with E-state index in [9.17, 15) is 0 Å². The fraction of sp³-hybridized carbons (Fsp3) is 0.333. The number of hydrogen-bond acceptors (Lipinski definition) is 1. The van der Waals surface area contributed by atoms with Crippen LogP contribution in [0.5, 0.6) is 0 Å². The lowest BCUT2D eigenvalue weighted by atomic mass is 10.2. The minimum atomic E-state index is 0.833. The minimum absolute atomic E-state index is 0.833. The number of hydrogen-bond donors (Lipinski definition) is 1. The summed E-state index contributed by atoms with van der Waals surface area (Å²) >= 11 is 3.46. The highest BCUT2D eigenvalue weighted by atomic mass is 79.9. The number of halogens is 1. The molecule has 0 aliphatic rings. The molecular formula is C12H14BrN. The van der Waals surface area contributed by atoms with Crippen molar-refractivity contribution in [2.75, 3.05) is 11.9 Å². The van der Waals surface area contributed by atoms with Crippen molar-refractivity contribution in [1.29, 1.82) is 0 Å². The molecule has 0 aliphatic heterocycles. The SMILES string of the molecule is C#CCCCNc1cc(C)cc(Br)c1. The highest BCUT2D eigenvalue weighted by molar-refractivity contribution is 9.10. The van der Waals surface area contributed by atoms with Gasteiger partial charge < -0.3 is 5.32 Å². The molecule has 0 saturated heterocycles. The Bertz CT molecular complexity index is 318. The standard InChI is InChI=1S/C12H14BrN/c1-3-4-5-6-14-12-8-10(2)7-11(13)9-12/h1,7-9,14H,4-6H2,2H3. The summed E-state index contributed by atoms with van der Waals surface area (Å²) in [4.78, 5) is 0. The number of benzene rings is 1. The number of nitrogens with one attached hydrogen (secondary N) is 1. The first-order chi connectivity index (χ1) is 6.72. The van der Waals surface area contributed by atoms with E-state index in [4.69, 9.17) is 6.42 Å². The molecule has 1 aromatic rings. The zero-order valence-corrected chi connectivity index (χ0v) is 9.89. The smallest absolute Gasteiger partial charge is 0.0354 e. The highest BCUT2D eigenvalue weighted by Crippen LogP contribution is 2.18. The van der Waals surface area contributed by atoms with Gasteiger partial charge in [-0.05, 0) is 37.1 Å². The van der Waals surface area contributed by atoms with Gasteiger partial charge in [0.2, 0.25) is 0 Å². The largest absolute Gasteiger partial charge is 0.385 e. The average molecular weight is 252 g/mol. The van der Waals surface area contributed by atoms with Crippen LogP contribution in [0, 0.1) is 19.3 Å². The maximum absolute atomic E-state index is 5.17. The molecule has 0 saturated carbocycles. The maximum atomic E-state index is 5.17. The zero-order chi connectivity index (χ0) is 10.4. The topological polar surface area (TPSA) is 12.0 Å². The van der Waals surface area contributed by atoms with Crippen molar-refractivity contribution in [1.82, 2.24) is 0 Å². The first-order valence-corrected chi connectivity index (χ1v) is 5.46. The number of rotatable bonds is 4. The molecule has 0 amide bonds. The summed E-state index contributed by atoms with van der Waals surface area (Å²) in [6.07, 6.45) is 7.02. The van der Waals surface area contributed by atoms with Gasteiger partial charge >= 0.3 is 0 Å². The Morgan fingerprint density at radius 3 is 2.86 bits per heavy atom. The third-order valence-corrected chi connectivity index (χ3v) is 2.33. The molecule has 0 atom stereocenters. The van der Waals surface area contributed by atoms with Crippen LogP contribution in [0.3, 0.4) is 0 Å². The van der Waals surface area contributed by atoms with Crippen molar-refractivity contribution in [3.05, 3.63) is 28.2 Å². The van der Waals surface area contributed by atoms with E-state index >= 15 is 0 Å². The predicted molar refractivity (Wildman–Crippen MR) is 65.4 cm³/mol. The summed E-state index contributed by atoms with van der Waals surface area (Å²) < 4.78 is 1.11. The fourth-order valence-corrected chi connectivity index (χ4v) is 1.87. The lowest BCUT2D eigenvalue weighted by Crippen LogP contribution is -2.01. The van der Waals surface area contributed by atoms with E-state index in [1.165, 1.54) is 5.56 Å². The van der Waals surface area contributed by atoms with Crippen LogP contribution in [-0.4, -0.2) is 6.54 Å². The molecule has 0 aromatic heterocycles. The maximum Gasteiger partial charge on any atom is 0.0354 e. The second kappa shape index (κ2) is 5.72. The second-order valence-electron chi connectivity index (χ2n) is 3.25. The van der Waals surface area contributed by atoms with Crippen molar-refractivity contribution in [2.45, 2.75) is 19.8 Å². The molecule has 0 bridgehead atoms. The lowest BCUT2D eigenvalue weighted by molar-refractivity contribution is 0.907. The van der Waals surface area contributed by atoms with E-state index < -0.39 is 0 Å². The van der Waals surface area contributed by atoms with E-state index in [0.717, 1.165) is 29.5 Å². The summed E-state index contributed by atoms with van der Waals surface area (Å²) in [7, 11) is 0. The van der Waals surface area contributed by atoms with Crippen LogP contribution < -0.4 is 5.32 Å². The number of terminal acetylenes is 1. The number of anilines is 1. The van der Waals surface area contributed by atoms with Crippen LogP contribution in [0.2, 0.25) is 0 Å². The van der Waals surface area contributed by atoms with Gasteiger partial charge in [0, 0.05) is 23.1 Å². The van der Waals surface area contributed by atoms with Gasteiger partial charge in [-0.3, -0.25) is 0 Å². The van der Waals surface area contributed by atoms with Gasteiger partial charge in [0.15, 0.2) is 0 Å². The molecule has 1 N–H and O–H groups in total. The molecule has 0 aliphatic carbocycles. The van der Waals surface area contributed by atoms with Crippen LogP contribution in [-0.2, 0) is 0 Å². The predicted octanol–water partition coefficient (Wildman–Crippen LogP) is 3.58. The normalized spacial score (nSPS) is 9.50. The van der Waals surface area contributed by atoms with Crippen molar-refractivity contribution < 1.29 is 0 Å². The van der Waals surface area contributed by atoms with Gasteiger partial charge in [-0.25, -0.2) is 0 Å². The second-order valence-corrected chi connectivity index (χ2v) is 4.17. The Balaban J connectivity index is 2.47. The van der Waals surface area contributed by atoms with E-state index in [2.05, 4.69) is 52.3 Å². The van der Waals surface area contributed by atoms with Crippen LogP contribution in [0.1, 0.15) is 18.4 Å². The van der Waals surface area contributed by atoms with E-state index in [1.807, 2.05) is 0 Å².